The Balaban J connectivity index is 1.73. The minimum atomic E-state index is -4.58. The highest BCUT2D eigenvalue weighted by atomic mass is 19.4. The third kappa shape index (κ3) is 5.31. The van der Waals surface area contributed by atoms with Gasteiger partial charge in [-0.15, -0.1) is 0 Å². The smallest absolute Gasteiger partial charge is 0.373 e. The number of urea groups is 1. The molecule has 0 saturated carbocycles. The Bertz CT molecular complexity index is 1580. The summed E-state index contributed by atoms with van der Waals surface area (Å²) in [5.74, 6) is -0.104. The van der Waals surface area contributed by atoms with E-state index >= 15 is 4.39 Å². The second-order valence-electron chi connectivity index (χ2n) is 8.49. The number of amides is 2. The second-order valence-corrected chi connectivity index (χ2v) is 8.49. The van der Waals surface area contributed by atoms with Crippen molar-refractivity contribution in [3.8, 4) is 11.1 Å². The van der Waals surface area contributed by atoms with E-state index in [-0.39, 0.29) is 34.5 Å². The van der Waals surface area contributed by atoms with Gasteiger partial charge in [-0.2, -0.15) is 13.2 Å². The lowest BCUT2D eigenvalue weighted by Crippen LogP contribution is -2.22. The summed E-state index contributed by atoms with van der Waals surface area (Å²) in [7, 11) is 1.72. The van der Waals surface area contributed by atoms with Crippen LogP contribution in [0.15, 0.2) is 59.5 Å². The summed E-state index contributed by atoms with van der Waals surface area (Å²) >= 11 is 0. The number of nitrogens with one attached hydrogen (secondary N) is 3. The first kappa shape index (κ1) is 26.6. The van der Waals surface area contributed by atoms with Crippen LogP contribution < -0.4 is 21.5 Å². The van der Waals surface area contributed by atoms with E-state index in [9.17, 15) is 22.8 Å². The van der Waals surface area contributed by atoms with Gasteiger partial charge in [0, 0.05) is 42.5 Å². The molecular formula is C27H25F4N5O2. The number of aromatic nitrogens is 2. The zero-order chi connectivity index (χ0) is 27.6. The molecule has 0 aliphatic rings. The zero-order valence-corrected chi connectivity index (χ0v) is 20.8. The molecule has 7 nitrogen and oxygen atoms in total. The van der Waals surface area contributed by atoms with E-state index in [4.69, 9.17) is 0 Å². The number of rotatable bonds is 6. The van der Waals surface area contributed by atoms with Gasteiger partial charge in [-0.25, -0.2) is 14.2 Å². The van der Waals surface area contributed by atoms with Gasteiger partial charge in [-0.1, -0.05) is 13.0 Å². The van der Waals surface area contributed by atoms with E-state index < -0.39 is 23.6 Å². The summed E-state index contributed by atoms with van der Waals surface area (Å²) in [6.07, 6.45) is -2.69. The van der Waals surface area contributed by atoms with Crippen molar-refractivity contribution >= 4 is 34.1 Å². The minimum absolute atomic E-state index is 0.113. The van der Waals surface area contributed by atoms with Crippen LogP contribution in [0.5, 0.6) is 0 Å². The molecule has 11 heteroatoms. The lowest BCUT2D eigenvalue weighted by atomic mass is 10.00. The summed E-state index contributed by atoms with van der Waals surface area (Å²) in [5, 5.41) is 8.30. The molecule has 4 aromatic rings. The Labute approximate surface area is 215 Å². The maximum atomic E-state index is 15.2. The minimum Gasteiger partial charge on any atom is -0.373 e. The molecule has 0 fully saturated rings. The van der Waals surface area contributed by atoms with Crippen molar-refractivity contribution in [2.45, 2.75) is 33.0 Å². The molecule has 0 unspecified atom stereocenters. The molecule has 0 bridgehead atoms. The molecule has 38 heavy (non-hydrogen) atoms. The number of aryl methyl sites for hydroxylation is 2. The third-order valence-corrected chi connectivity index (χ3v) is 6.09. The molecule has 2 amide bonds. The Hall–Kier alpha value is -4.41. The van der Waals surface area contributed by atoms with Gasteiger partial charge in [-0.3, -0.25) is 4.79 Å². The van der Waals surface area contributed by atoms with Crippen molar-refractivity contribution in [2.24, 2.45) is 0 Å². The molecule has 0 atom stereocenters. The highest BCUT2D eigenvalue weighted by molar-refractivity contribution is 6.00. The van der Waals surface area contributed by atoms with Crippen LogP contribution in [-0.2, 0) is 19.1 Å². The van der Waals surface area contributed by atoms with Crippen LogP contribution in [0.2, 0.25) is 0 Å². The molecule has 2 aromatic heterocycles. The number of hydrogen-bond donors (Lipinski definition) is 3. The highest BCUT2D eigenvalue weighted by Gasteiger charge is 2.30. The molecule has 2 heterocycles. The topological polar surface area (TPSA) is 88.1 Å². The van der Waals surface area contributed by atoms with Crippen molar-refractivity contribution in [1.82, 2.24) is 9.55 Å². The number of carbonyl (C=O) groups excluding carboxylic acids is 1. The highest BCUT2D eigenvalue weighted by Crippen LogP contribution is 2.32. The van der Waals surface area contributed by atoms with Crippen LogP contribution in [0.3, 0.4) is 0 Å². The number of fused-ring (bicyclic) bond motifs is 1. The van der Waals surface area contributed by atoms with E-state index in [0.717, 1.165) is 18.2 Å². The van der Waals surface area contributed by atoms with Crippen LogP contribution in [0, 0.1) is 5.82 Å². The van der Waals surface area contributed by atoms with Gasteiger partial charge in [0.15, 0.2) is 0 Å². The first-order valence-electron chi connectivity index (χ1n) is 11.8. The SMILES string of the molecule is CCc1cc(-c2cc3cnc(NC)cc3n(CC)c2=O)cc(NC(=O)Nc2cccc(C(F)(F)F)c2)c1F. The fourth-order valence-corrected chi connectivity index (χ4v) is 4.18. The fourth-order valence-electron chi connectivity index (χ4n) is 4.18. The summed E-state index contributed by atoms with van der Waals surface area (Å²) in [6, 6.07) is 9.46. The number of carbonyl (C=O) groups is 1. The quantitative estimate of drug-likeness (QED) is 0.250. The predicted octanol–water partition coefficient (Wildman–Crippen LogP) is 6.49. The maximum Gasteiger partial charge on any atom is 0.416 e. The first-order valence-corrected chi connectivity index (χ1v) is 11.8. The number of benzene rings is 2. The number of anilines is 3. The molecular weight excluding hydrogens is 502 g/mol. The van der Waals surface area contributed by atoms with Crippen LogP contribution in [0.4, 0.5) is 39.5 Å². The average molecular weight is 528 g/mol. The van der Waals surface area contributed by atoms with E-state index in [1.165, 1.54) is 12.1 Å². The van der Waals surface area contributed by atoms with Crippen molar-refractivity contribution in [3.63, 3.8) is 0 Å². The Morgan fingerprint density at radius 3 is 2.47 bits per heavy atom. The fraction of sp³-hybridized carbons (Fsp3) is 0.222. The van der Waals surface area contributed by atoms with E-state index in [0.29, 0.717) is 28.8 Å². The van der Waals surface area contributed by atoms with Gasteiger partial charge in [0.1, 0.15) is 11.6 Å². The van der Waals surface area contributed by atoms with Gasteiger partial charge in [0.2, 0.25) is 0 Å². The molecule has 4 rings (SSSR count). The molecule has 0 aliphatic heterocycles. The first-order chi connectivity index (χ1) is 18.0. The predicted molar refractivity (Wildman–Crippen MR) is 140 cm³/mol. The molecule has 0 radical (unpaired) electrons. The summed E-state index contributed by atoms with van der Waals surface area (Å²) < 4.78 is 55.8. The second kappa shape index (κ2) is 10.5. The summed E-state index contributed by atoms with van der Waals surface area (Å²) in [5.41, 5.74) is 0.0328. The summed E-state index contributed by atoms with van der Waals surface area (Å²) in [4.78, 5) is 30.3. The molecule has 0 spiro atoms. The number of nitrogens with zero attached hydrogens (tertiary/aromatic N) is 2. The number of pyridine rings is 2. The van der Waals surface area contributed by atoms with E-state index in [2.05, 4.69) is 20.9 Å². The lowest BCUT2D eigenvalue weighted by Gasteiger charge is -2.16. The van der Waals surface area contributed by atoms with Crippen LogP contribution in [-0.4, -0.2) is 22.6 Å². The van der Waals surface area contributed by atoms with Crippen molar-refractivity contribution in [1.29, 1.82) is 0 Å². The lowest BCUT2D eigenvalue weighted by molar-refractivity contribution is -0.137. The van der Waals surface area contributed by atoms with Crippen molar-refractivity contribution in [3.05, 3.63) is 82.0 Å². The van der Waals surface area contributed by atoms with Gasteiger partial charge in [0.25, 0.3) is 5.56 Å². The number of hydrogen-bond acceptors (Lipinski definition) is 4. The largest absolute Gasteiger partial charge is 0.416 e. The van der Waals surface area contributed by atoms with Crippen molar-refractivity contribution in [2.75, 3.05) is 23.0 Å². The third-order valence-electron chi connectivity index (χ3n) is 6.09. The Kier molecular flexibility index (Phi) is 7.38. The average Bonchev–Trinajstić information content (AvgIpc) is 2.89. The molecule has 198 valence electrons. The van der Waals surface area contributed by atoms with Gasteiger partial charge in [-0.05, 0) is 60.9 Å². The zero-order valence-electron chi connectivity index (χ0n) is 20.8. The standard InChI is InChI=1S/C27H25F4N5O2/c1-4-15-9-16(20-10-17-14-33-23(32-3)13-22(17)36(5-2)25(20)37)11-21(24(15)28)35-26(38)34-19-8-6-7-18(12-19)27(29,30)31/h6-14H,4-5H2,1-3H3,(H,32,33)(H2,34,35,38). The summed E-state index contributed by atoms with van der Waals surface area (Å²) in [6.45, 7) is 3.93. The molecule has 0 aliphatic carbocycles. The van der Waals surface area contributed by atoms with Crippen LogP contribution in [0.1, 0.15) is 25.0 Å². The molecule has 0 saturated heterocycles. The monoisotopic (exact) mass is 527 g/mol. The van der Waals surface area contributed by atoms with E-state index in [1.54, 1.807) is 42.9 Å². The Morgan fingerprint density at radius 1 is 1.05 bits per heavy atom. The molecule has 2 aromatic carbocycles. The van der Waals surface area contributed by atoms with E-state index in [1.807, 2.05) is 6.92 Å². The number of alkyl halides is 3. The van der Waals surface area contributed by atoms with Gasteiger partial charge in [0.05, 0.1) is 16.8 Å². The Morgan fingerprint density at radius 2 is 1.82 bits per heavy atom. The van der Waals surface area contributed by atoms with Crippen molar-refractivity contribution < 1.29 is 22.4 Å². The van der Waals surface area contributed by atoms with Gasteiger partial charge >= 0.3 is 12.2 Å². The molecule has 3 N–H and O–H groups in total. The van der Waals surface area contributed by atoms with Gasteiger partial charge < -0.3 is 20.5 Å². The van der Waals surface area contributed by atoms with Crippen LogP contribution >= 0.6 is 0 Å². The maximum absolute atomic E-state index is 15.2. The number of halogens is 4. The van der Waals surface area contributed by atoms with Crippen LogP contribution in [0.25, 0.3) is 22.0 Å². The normalized spacial score (nSPS) is 11.4.